The molecule has 1 atom stereocenters. The lowest BCUT2D eigenvalue weighted by molar-refractivity contribution is -0.141. The molecule has 3 N–H and O–H groups in total. The molecule has 0 bridgehead atoms. The van der Waals surface area contributed by atoms with Crippen molar-refractivity contribution in [2.75, 3.05) is 32.9 Å². The lowest BCUT2D eigenvalue weighted by Gasteiger charge is -2.35. The number of carbonyl (C=O) groups excluding carboxylic acids is 2. The molecule has 4 rings (SSSR count). The van der Waals surface area contributed by atoms with Crippen LogP contribution in [-0.2, 0) is 19.1 Å². The van der Waals surface area contributed by atoms with Gasteiger partial charge in [-0.2, -0.15) is 0 Å². The van der Waals surface area contributed by atoms with Gasteiger partial charge < -0.3 is 25.2 Å². The minimum Gasteiger partial charge on any atom is -0.481 e. The van der Waals surface area contributed by atoms with Crippen LogP contribution in [0.1, 0.15) is 36.8 Å². The summed E-state index contributed by atoms with van der Waals surface area (Å²) in [5.74, 6) is -1.99. The van der Waals surface area contributed by atoms with Crippen molar-refractivity contribution in [1.29, 1.82) is 0 Å². The first kappa shape index (κ1) is 23.8. The van der Waals surface area contributed by atoms with E-state index in [4.69, 9.17) is 14.6 Å². The fourth-order valence-electron chi connectivity index (χ4n) is 4.66. The number of aliphatic carboxylic acids is 1. The van der Waals surface area contributed by atoms with Gasteiger partial charge in [0, 0.05) is 32.2 Å². The summed E-state index contributed by atoms with van der Waals surface area (Å²) in [5.41, 5.74) is 3.71. The highest BCUT2D eigenvalue weighted by Gasteiger charge is 2.41. The topological polar surface area (TPSA) is 114 Å². The summed E-state index contributed by atoms with van der Waals surface area (Å²) in [6, 6.07) is 16.2. The van der Waals surface area contributed by atoms with Gasteiger partial charge in [0.2, 0.25) is 5.91 Å². The molecule has 1 fully saturated rings. The van der Waals surface area contributed by atoms with Crippen molar-refractivity contribution >= 4 is 18.0 Å². The Kier molecular flexibility index (Phi) is 7.17. The number of rotatable bonds is 8. The quantitative estimate of drug-likeness (QED) is 0.551. The predicted molar refractivity (Wildman–Crippen MR) is 125 cm³/mol. The van der Waals surface area contributed by atoms with E-state index in [0.717, 1.165) is 22.3 Å². The van der Waals surface area contributed by atoms with E-state index in [9.17, 15) is 14.4 Å². The van der Waals surface area contributed by atoms with E-state index < -0.39 is 23.4 Å². The molecule has 1 aliphatic heterocycles. The summed E-state index contributed by atoms with van der Waals surface area (Å²) in [7, 11) is 0. The highest BCUT2D eigenvalue weighted by Crippen LogP contribution is 2.44. The SMILES string of the molecule is CC(CNC(=O)C1(CNC(=O)OCC2c3ccccc3-c3ccccc32)CCOCC1)C(=O)O. The minimum absolute atomic E-state index is 0.0295. The van der Waals surface area contributed by atoms with Crippen LogP contribution in [0.2, 0.25) is 0 Å². The summed E-state index contributed by atoms with van der Waals surface area (Å²) in [6.45, 7) is 2.65. The number of carboxylic acids is 1. The average molecular weight is 467 g/mol. The largest absolute Gasteiger partial charge is 0.481 e. The van der Waals surface area contributed by atoms with Crippen molar-refractivity contribution in [1.82, 2.24) is 10.6 Å². The molecule has 0 radical (unpaired) electrons. The van der Waals surface area contributed by atoms with Gasteiger partial charge in [-0.3, -0.25) is 9.59 Å². The second kappa shape index (κ2) is 10.3. The van der Waals surface area contributed by atoms with E-state index in [2.05, 4.69) is 34.9 Å². The molecule has 8 nitrogen and oxygen atoms in total. The third-order valence-electron chi connectivity index (χ3n) is 6.84. The zero-order chi connectivity index (χ0) is 24.1. The number of hydrogen-bond donors (Lipinski definition) is 3. The fourth-order valence-corrected chi connectivity index (χ4v) is 4.66. The van der Waals surface area contributed by atoms with Gasteiger partial charge in [0.1, 0.15) is 6.61 Å². The van der Waals surface area contributed by atoms with Gasteiger partial charge in [-0.25, -0.2) is 4.79 Å². The molecule has 2 aliphatic rings. The molecular formula is C26H30N2O6. The number of alkyl carbamates (subject to hydrolysis) is 1. The van der Waals surface area contributed by atoms with Gasteiger partial charge in [0.15, 0.2) is 0 Å². The molecule has 2 aromatic carbocycles. The first-order chi connectivity index (χ1) is 16.4. The summed E-state index contributed by atoms with van der Waals surface area (Å²) in [6.07, 6.45) is 0.285. The second-order valence-electron chi connectivity index (χ2n) is 9.02. The summed E-state index contributed by atoms with van der Waals surface area (Å²) in [5, 5.41) is 14.6. The van der Waals surface area contributed by atoms with Crippen LogP contribution in [0.4, 0.5) is 4.79 Å². The third-order valence-corrected chi connectivity index (χ3v) is 6.84. The van der Waals surface area contributed by atoms with Crippen LogP contribution in [0.25, 0.3) is 11.1 Å². The smallest absolute Gasteiger partial charge is 0.407 e. The van der Waals surface area contributed by atoms with E-state index >= 15 is 0 Å². The number of fused-ring (bicyclic) bond motifs is 3. The van der Waals surface area contributed by atoms with E-state index in [1.807, 2.05) is 24.3 Å². The van der Waals surface area contributed by atoms with Gasteiger partial charge >= 0.3 is 12.1 Å². The van der Waals surface area contributed by atoms with Crippen molar-refractivity contribution in [2.24, 2.45) is 11.3 Å². The summed E-state index contributed by atoms with van der Waals surface area (Å²) >= 11 is 0. The third kappa shape index (κ3) is 4.92. The Balaban J connectivity index is 1.37. The Labute approximate surface area is 198 Å². The van der Waals surface area contributed by atoms with Crippen LogP contribution in [-0.4, -0.2) is 56.0 Å². The van der Waals surface area contributed by atoms with Gasteiger partial charge in [-0.05, 0) is 35.1 Å². The zero-order valence-corrected chi connectivity index (χ0v) is 19.2. The molecule has 1 heterocycles. The van der Waals surface area contributed by atoms with Crippen molar-refractivity contribution in [3.05, 3.63) is 59.7 Å². The molecule has 1 unspecified atom stereocenters. The highest BCUT2D eigenvalue weighted by atomic mass is 16.5. The van der Waals surface area contributed by atoms with Gasteiger partial charge in [-0.1, -0.05) is 55.5 Å². The molecule has 0 spiro atoms. The standard InChI is InChI=1S/C26H30N2O6/c1-17(23(29)30)14-27-24(31)26(10-12-33-13-11-26)16-28-25(32)34-15-22-20-8-4-2-6-18(20)19-7-3-5-9-21(19)22/h2-9,17,22H,10-16H2,1H3,(H,27,31)(H,28,32)(H,29,30). The van der Waals surface area contributed by atoms with Crippen LogP contribution in [0.5, 0.6) is 0 Å². The van der Waals surface area contributed by atoms with Gasteiger partial charge in [-0.15, -0.1) is 0 Å². The monoisotopic (exact) mass is 466 g/mol. The lowest BCUT2D eigenvalue weighted by atomic mass is 9.79. The van der Waals surface area contributed by atoms with Crippen LogP contribution >= 0.6 is 0 Å². The van der Waals surface area contributed by atoms with Crippen molar-refractivity contribution in [2.45, 2.75) is 25.7 Å². The maximum absolute atomic E-state index is 12.9. The van der Waals surface area contributed by atoms with Crippen molar-refractivity contribution in [3.8, 4) is 11.1 Å². The van der Waals surface area contributed by atoms with Crippen LogP contribution < -0.4 is 10.6 Å². The summed E-state index contributed by atoms with van der Waals surface area (Å²) < 4.78 is 11.0. The van der Waals surface area contributed by atoms with Crippen molar-refractivity contribution in [3.63, 3.8) is 0 Å². The molecule has 0 saturated carbocycles. The average Bonchev–Trinajstić information content (AvgIpc) is 3.18. The van der Waals surface area contributed by atoms with Crippen LogP contribution in [0.15, 0.2) is 48.5 Å². The Morgan fingerprint density at radius 3 is 2.21 bits per heavy atom. The number of ether oxygens (including phenoxy) is 2. The fraction of sp³-hybridized carbons (Fsp3) is 0.423. The lowest BCUT2D eigenvalue weighted by Crippen LogP contribution is -2.52. The maximum atomic E-state index is 12.9. The maximum Gasteiger partial charge on any atom is 0.407 e. The number of amides is 2. The van der Waals surface area contributed by atoms with Gasteiger partial charge in [0.25, 0.3) is 0 Å². The number of carbonyl (C=O) groups is 3. The summed E-state index contributed by atoms with van der Waals surface area (Å²) in [4.78, 5) is 36.6. The molecular weight excluding hydrogens is 436 g/mol. The van der Waals surface area contributed by atoms with E-state index in [0.29, 0.717) is 26.1 Å². The van der Waals surface area contributed by atoms with E-state index in [1.54, 1.807) is 0 Å². The molecule has 8 heteroatoms. The Morgan fingerprint density at radius 1 is 1.03 bits per heavy atom. The second-order valence-corrected chi connectivity index (χ2v) is 9.02. The molecule has 0 aromatic heterocycles. The van der Waals surface area contributed by atoms with Crippen LogP contribution in [0.3, 0.4) is 0 Å². The number of nitrogens with one attached hydrogen (secondary N) is 2. The molecule has 2 aromatic rings. The van der Waals surface area contributed by atoms with Crippen LogP contribution in [0, 0.1) is 11.3 Å². The first-order valence-corrected chi connectivity index (χ1v) is 11.6. The predicted octanol–water partition coefficient (Wildman–Crippen LogP) is 3.16. The minimum atomic E-state index is -0.974. The highest BCUT2D eigenvalue weighted by molar-refractivity contribution is 5.84. The van der Waals surface area contributed by atoms with E-state index in [-0.39, 0.29) is 31.5 Å². The first-order valence-electron chi connectivity index (χ1n) is 11.6. The Morgan fingerprint density at radius 2 is 1.62 bits per heavy atom. The molecule has 180 valence electrons. The zero-order valence-electron chi connectivity index (χ0n) is 19.2. The normalized spacial score (nSPS) is 17.2. The van der Waals surface area contributed by atoms with Gasteiger partial charge in [0.05, 0.1) is 11.3 Å². The number of hydrogen-bond acceptors (Lipinski definition) is 5. The Bertz CT molecular complexity index is 1020. The molecule has 1 aliphatic carbocycles. The Hall–Kier alpha value is -3.39. The van der Waals surface area contributed by atoms with Crippen molar-refractivity contribution < 1.29 is 29.0 Å². The number of benzene rings is 2. The van der Waals surface area contributed by atoms with E-state index in [1.165, 1.54) is 6.92 Å². The number of carboxylic acid groups (broad SMARTS) is 1. The molecule has 2 amide bonds. The molecule has 34 heavy (non-hydrogen) atoms. The molecule has 1 saturated heterocycles.